The minimum absolute atomic E-state index is 0.0725. The van der Waals surface area contributed by atoms with Crippen LogP contribution in [0.15, 0.2) is 39.0 Å². The molecule has 0 radical (unpaired) electrons. The highest BCUT2D eigenvalue weighted by Gasteiger charge is 2.23. The number of thiophene rings is 1. The van der Waals surface area contributed by atoms with Crippen molar-refractivity contribution in [3.63, 3.8) is 0 Å². The minimum Gasteiger partial charge on any atom is -0.306 e. The monoisotopic (exact) mass is 440 g/mol. The SMILES string of the molecule is CCCn1c(SCCCn2c(=O)[nH]c3ccccc32)nc2sc3c(c2c1=O)CCC3. The average molecular weight is 441 g/mol. The second-order valence-corrected chi connectivity index (χ2v) is 9.84. The molecule has 156 valence electrons. The fourth-order valence-corrected chi connectivity index (χ4v) is 6.56. The Balaban J connectivity index is 1.37. The van der Waals surface area contributed by atoms with Crippen LogP contribution in [0, 0.1) is 0 Å². The lowest BCUT2D eigenvalue weighted by Crippen LogP contribution is -2.23. The molecule has 0 atom stereocenters. The first-order valence-electron chi connectivity index (χ1n) is 10.5. The number of para-hydroxylation sites is 2. The number of fused-ring (bicyclic) bond motifs is 4. The van der Waals surface area contributed by atoms with Crippen LogP contribution in [0.1, 0.15) is 36.6 Å². The molecule has 0 unspecified atom stereocenters. The van der Waals surface area contributed by atoms with Crippen molar-refractivity contribution in [2.24, 2.45) is 0 Å². The molecule has 1 N–H and O–H groups in total. The Hall–Kier alpha value is -2.32. The smallest absolute Gasteiger partial charge is 0.306 e. The number of aromatic nitrogens is 4. The second-order valence-electron chi connectivity index (χ2n) is 7.69. The van der Waals surface area contributed by atoms with Crippen LogP contribution in [0.3, 0.4) is 0 Å². The lowest BCUT2D eigenvalue weighted by molar-refractivity contribution is 0.584. The molecule has 0 bridgehead atoms. The quantitative estimate of drug-likeness (QED) is 0.266. The van der Waals surface area contributed by atoms with Crippen molar-refractivity contribution in [2.75, 3.05) is 5.75 Å². The van der Waals surface area contributed by atoms with E-state index in [1.165, 1.54) is 10.4 Å². The fraction of sp³-hybridized carbons (Fsp3) is 0.409. The molecule has 8 heteroatoms. The van der Waals surface area contributed by atoms with Crippen molar-refractivity contribution in [2.45, 2.75) is 57.3 Å². The number of aromatic amines is 1. The molecule has 0 spiro atoms. The summed E-state index contributed by atoms with van der Waals surface area (Å²) in [6, 6.07) is 7.75. The predicted molar refractivity (Wildman–Crippen MR) is 124 cm³/mol. The van der Waals surface area contributed by atoms with Gasteiger partial charge in [-0.25, -0.2) is 9.78 Å². The number of rotatable bonds is 7. The van der Waals surface area contributed by atoms with Crippen LogP contribution < -0.4 is 11.2 Å². The maximum atomic E-state index is 13.2. The summed E-state index contributed by atoms with van der Waals surface area (Å²) in [5.74, 6) is 0.804. The van der Waals surface area contributed by atoms with Gasteiger partial charge in [0, 0.05) is 23.7 Å². The highest BCUT2D eigenvalue weighted by Crippen LogP contribution is 2.35. The summed E-state index contributed by atoms with van der Waals surface area (Å²) in [7, 11) is 0. The highest BCUT2D eigenvalue weighted by atomic mass is 32.2. The van der Waals surface area contributed by atoms with E-state index in [0.29, 0.717) is 13.1 Å². The van der Waals surface area contributed by atoms with Crippen LogP contribution in [0.2, 0.25) is 0 Å². The molecule has 3 aromatic heterocycles. The Labute approximate surface area is 182 Å². The van der Waals surface area contributed by atoms with E-state index >= 15 is 0 Å². The molecule has 0 aliphatic heterocycles. The number of aryl methyl sites for hydroxylation is 3. The molecule has 1 aliphatic carbocycles. The molecule has 1 aromatic carbocycles. The van der Waals surface area contributed by atoms with Crippen LogP contribution in [0.5, 0.6) is 0 Å². The summed E-state index contributed by atoms with van der Waals surface area (Å²) in [5, 5.41) is 1.66. The fourth-order valence-electron chi connectivity index (χ4n) is 4.30. The number of thioether (sulfide) groups is 1. The van der Waals surface area contributed by atoms with E-state index in [1.54, 1.807) is 27.7 Å². The number of benzene rings is 1. The number of nitrogens with zero attached hydrogens (tertiary/aromatic N) is 3. The summed E-state index contributed by atoms with van der Waals surface area (Å²) >= 11 is 3.32. The van der Waals surface area contributed by atoms with Gasteiger partial charge in [0.15, 0.2) is 5.16 Å². The van der Waals surface area contributed by atoms with Crippen molar-refractivity contribution >= 4 is 44.3 Å². The zero-order valence-electron chi connectivity index (χ0n) is 16.9. The first-order valence-corrected chi connectivity index (χ1v) is 12.3. The molecule has 4 aromatic rings. The molecule has 6 nitrogen and oxygen atoms in total. The molecule has 3 heterocycles. The van der Waals surface area contributed by atoms with Gasteiger partial charge in [0.1, 0.15) is 4.83 Å². The first kappa shape index (κ1) is 19.6. The van der Waals surface area contributed by atoms with E-state index < -0.39 is 0 Å². The molecule has 1 aliphatic rings. The van der Waals surface area contributed by atoms with E-state index in [1.807, 2.05) is 28.8 Å². The number of H-pyrrole nitrogens is 1. The molecule has 0 fully saturated rings. The minimum atomic E-state index is -0.0725. The molecular weight excluding hydrogens is 416 g/mol. The van der Waals surface area contributed by atoms with E-state index in [0.717, 1.165) is 64.3 Å². The third kappa shape index (κ3) is 3.32. The molecule has 0 saturated carbocycles. The van der Waals surface area contributed by atoms with Crippen LogP contribution in [0.4, 0.5) is 0 Å². The molecule has 0 saturated heterocycles. The number of nitrogens with one attached hydrogen (secondary N) is 1. The standard InChI is InChI=1S/C22H24N4O2S2/c1-2-11-26-20(27)18-14-7-5-10-17(14)30-19(18)24-22(26)29-13-6-12-25-16-9-4-3-8-15(16)23-21(25)28/h3-4,8-9H,2,5-7,10-13H2,1H3,(H,23,28). The lowest BCUT2D eigenvalue weighted by atomic mass is 10.2. The maximum absolute atomic E-state index is 13.2. The van der Waals surface area contributed by atoms with E-state index in [2.05, 4.69) is 11.9 Å². The Morgan fingerprint density at radius 3 is 2.90 bits per heavy atom. The zero-order valence-corrected chi connectivity index (χ0v) is 18.6. The van der Waals surface area contributed by atoms with Gasteiger partial charge in [0.05, 0.1) is 16.4 Å². The third-order valence-electron chi connectivity index (χ3n) is 5.68. The third-order valence-corrected chi connectivity index (χ3v) is 7.92. The Bertz CT molecular complexity index is 1350. The predicted octanol–water partition coefficient (Wildman–Crippen LogP) is 4.18. The topological polar surface area (TPSA) is 72.7 Å². The number of hydrogen-bond donors (Lipinski definition) is 1. The van der Waals surface area contributed by atoms with Crippen molar-refractivity contribution in [1.82, 2.24) is 19.1 Å². The normalized spacial score (nSPS) is 13.5. The van der Waals surface area contributed by atoms with Crippen LogP contribution in [-0.4, -0.2) is 24.9 Å². The van der Waals surface area contributed by atoms with Crippen LogP contribution in [-0.2, 0) is 25.9 Å². The Morgan fingerprint density at radius 2 is 2.03 bits per heavy atom. The van der Waals surface area contributed by atoms with Gasteiger partial charge in [0.25, 0.3) is 5.56 Å². The zero-order chi connectivity index (χ0) is 20.7. The molecule has 30 heavy (non-hydrogen) atoms. The Morgan fingerprint density at radius 1 is 1.17 bits per heavy atom. The van der Waals surface area contributed by atoms with Gasteiger partial charge in [0.2, 0.25) is 0 Å². The molecule has 5 rings (SSSR count). The Kier molecular flexibility index (Phi) is 5.28. The number of imidazole rings is 1. The van der Waals surface area contributed by atoms with Crippen molar-refractivity contribution < 1.29 is 0 Å². The summed E-state index contributed by atoms with van der Waals surface area (Å²) in [6.45, 7) is 3.42. The first-order chi connectivity index (χ1) is 14.7. The number of hydrogen-bond acceptors (Lipinski definition) is 5. The van der Waals surface area contributed by atoms with E-state index in [4.69, 9.17) is 4.98 Å². The maximum Gasteiger partial charge on any atom is 0.326 e. The molecule has 0 amide bonds. The summed E-state index contributed by atoms with van der Waals surface area (Å²) < 4.78 is 3.64. The second kappa shape index (κ2) is 8.07. The van der Waals surface area contributed by atoms with Gasteiger partial charge in [-0.2, -0.15) is 0 Å². The highest BCUT2D eigenvalue weighted by molar-refractivity contribution is 7.99. The van der Waals surface area contributed by atoms with Gasteiger partial charge < -0.3 is 4.98 Å². The van der Waals surface area contributed by atoms with Crippen LogP contribution in [0.25, 0.3) is 21.3 Å². The van der Waals surface area contributed by atoms with Crippen molar-refractivity contribution in [3.05, 3.63) is 55.5 Å². The van der Waals surface area contributed by atoms with Gasteiger partial charge in [-0.05, 0) is 49.8 Å². The van der Waals surface area contributed by atoms with Gasteiger partial charge in [-0.1, -0.05) is 30.8 Å². The molecular formula is C22H24N4O2S2. The van der Waals surface area contributed by atoms with Gasteiger partial charge in [-0.3, -0.25) is 13.9 Å². The van der Waals surface area contributed by atoms with E-state index in [-0.39, 0.29) is 11.2 Å². The van der Waals surface area contributed by atoms with Crippen LogP contribution >= 0.6 is 23.1 Å². The summed E-state index contributed by atoms with van der Waals surface area (Å²) in [5.41, 5.74) is 3.09. The largest absolute Gasteiger partial charge is 0.326 e. The summed E-state index contributed by atoms with van der Waals surface area (Å²) in [6.07, 6.45) is 4.95. The van der Waals surface area contributed by atoms with Gasteiger partial charge >= 0.3 is 5.69 Å². The van der Waals surface area contributed by atoms with Crippen molar-refractivity contribution in [3.8, 4) is 0 Å². The van der Waals surface area contributed by atoms with Gasteiger partial charge in [-0.15, -0.1) is 11.3 Å². The van der Waals surface area contributed by atoms with Crippen molar-refractivity contribution in [1.29, 1.82) is 0 Å². The van der Waals surface area contributed by atoms with E-state index in [9.17, 15) is 9.59 Å². The average Bonchev–Trinajstić information content (AvgIpc) is 3.40. The summed E-state index contributed by atoms with van der Waals surface area (Å²) in [4.78, 5) is 35.5. The lowest BCUT2D eigenvalue weighted by Gasteiger charge is -2.11.